The minimum Gasteiger partial charge on any atom is -0.325 e. The zero-order valence-electron chi connectivity index (χ0n) is 12.1. The van der Waals surface area contributed by atoms with Crippen LogP contribution in [0.4, 0.5) is 10.1 Å². The van der Waals surface area contributed by atoms with Gasteiger partial charge in [0.15, 0.2) is 0 Å². The van der Waals surface area contributed by atoms with E-state index in [2.05, 4.69) is 0 Å². The monoisotopic (exact) mass is 278 g/mol. The van der Waals surface area contributed by atoms with Gasteiger partial charge in [-0.15, -0.1) is 0 Å². The van der Waals surface area contributed by atoms with E-state index in [4.69, 9.17) is 5.73 Å². The predicted molar refractivity (Wildman–Crippen MR) is 79.0 cm³/mol. The molecule has 0 unspecified atom stereocenters. The molecule has 1 amide bonds. The van der Waals surface area contributed by atoms with E-state index in [1.165, 1.54) is 17.4 Å². The Bertz CT molecular complexity index is 469. The first-order valence-electron chi connectivity index (χ1n) is 7.39. The van der Waals surface area contributed by atoms with Crippen molar-refractivity contribution in [2.24, 2.45) is 5.73 Å². The van der Waals surface area contributed by atoms with E-state index in [0.29, 0.717) is 18.7 Å². The molecular weight excluding hydrogens is 255 g/mol. The predicted octanol–water partition coefficient (Wildman–Crippen LogP) is 3.23. The van der Waals surface area contributed by atoms with Gasteiger partial charge in [-0.2, -0.15) is 0 Å². The fourth-order valence-electron chi connectivity index (χ4n) is 2.98. The number of halogens is 1. The summed E-state index contributed by atoms with van der Waals surface area (Å²) in [6.07, 6.45) is 5.42. The summed E-state index contributed by atoms with van der Waals surface area (Å²) in [5.74, 6) is -0.445. The Morgan fingerprint density at radius 2 is 1.95 bits per heavy atom. The molecule has 1 aromatic rings. The first-order valence-corrected chi connectivity index (χ1v) is 7.39. The summed E-state index contributed by atoms with van der Waals surface area (Å²) in [7, 11) is 0. The van der Waals surface area contributed by atoms with Crippen molar-refractivity contribution in [2.45, 2.75) is 51.0 Å². The van der Waals surface area contributed by atoms with Crippen LogP contribution in [-0.4, -0.2) is 18.0 Å². The van der Waals surface area contributed by atoms with Crippen LogP contribution in [0.2, 0.25) is 0 Å². The van der Waals surface area contributed by atoms with Crippen molar-refractivity contribution in [3.8, 4) is 0 Å². The average Bonchev–Trinajstić information content (AvgIpc) is 2.42. The zero-order chi connectivity index (χ0) is 14.6. The fourth-order valence-corrected chi connectivity index (χ4v) is 2.98. The Kier molecular flexibility index (Phi) is 4.76. The van der Waals surface area contributed by atoms with Gasteiger partial charge in [0.05, 0.1) is 5.69 Å². The maximum Gasteiger partial charge on any atom is 0.228 e. The topological polar surface area (TPSA) is 46.3 Å². The molecule has 110 valence electrons. The summed E-state index contributed by atoms with van der Waals surface area (Å²) in [6, 6.07) is 6.39. The number of hydrogen-bond acceptors (Lipinski definition) is 2. The van der Waals surface area contributed by atoms with Gasteiger partial charge in [0.2, 0.25) is 5.91 Å². The lowest BCUT2D eigenvalue weighted by Crippen LogP contribution is -2.47. The van der Waals surface area contributed by atoms with E-state index < -0.39 is 5.54 Å². The van der Waals surface area contributed by atoms with Crippen LogP contribution in [-0.2, 0) is 4.79 Å². The molecule has 1 aromatic carbocycles. The Labute approximate surface area is 120 Å². The number of benzene rings is 1. The summed E-state index contributed by atoms with van der Waals surface area (Å²) in [6.45, 7) is 2.31. The van der Waals surface area contributed by atoms with Crippen LogP contribution in [0.3, 0.4) is 0 Å². The molecule has 0 bridgehead atoms. The molecule has 4 heteroatoms. The van der Waals surface area contributed by atoms with Crippen LogP contribution in [0, 0.1) is 5.82 Å². The highest BCUT2D eigenvalue weighted by atomic mass is 19.1. The third-order valence-electron chi connectivity index (χ3n) is 4.11. The first-order chi connectivity index (χ1) is 9.56. The molecule has 2 N–H and O–H groups in total. The SMILES string of the molecule is CCN(C(=O)CC1(N)CCCCC1)c1ccccc1F. The Morgan fingerprint density at radius 1 is 1.30 bits per heavy atom. The zero-order valence-corrected chi connectivity index (χ0v) is 12.1. The summed E-state index contributed by atoms with van der Waals surface area (Å²) in [4.78, 5) is 14.0. The van der Waals surface area contributed by atoms with Crippen LogP contribution in [0.5, 0.6) is 0 Å². The van der Waals surface area contributed by atoms with Crippen molar-refractivity contribution in [3.63, 3.8) is 0 Å². The maximum absolute atomic E-state index is 13.8. The molecule has 2 rings (SSSR count). The molecule has 3 nitrogen and oxygen atoms in total. The Morgan fingerprint density at radius 3 is 2.55 bits per heavy atom. The number of carbonyl (C=O) groups excluding carboxylic acids is 1. The Balaban J connectivity index is 2.11. The summed E-state index contributed by atoms with van der Waals surface area (Å²) in [5, 5.41) is 0. The maximum atomic E-state index is 13.8. The lowest BCUT2D eigenvalue weighted by atomic mass is 9.80. The van der Waals surface area contributed by atoms with Crippen molar-refractivity contribution in [3.05, 3.63) is 30.1 Å². The van der Waals surface area contributed by atoms with E-state index >= 15 is 0 Å². The van der Waals surface area contributed by atoms with Gasteiger partial charge in [0.25, 0.3) is 0 Å². The van der Waals surface area contributed by atoms with Crippen LogP contribution < -0.4 is 10.6 Å². The summed E-state index contributed by atoms with van der Waals surface area (Å²) >= 11 is 0. The van der Waals surface area contributed by atoms with Gasteiger partial charge in [-0.1, -0.05) is 31.4 Å². The molecule has 20 heavy (non-hydrogen) atoms. The number of rotatable bonds is 4. The van der Waals surface area contributed by atoms with E-state index in [-0.39, 0.29) is 11.7 Å². The van der Waals surface area contributed by atoms with E-state index in [1.54, 1.807) is 18.2 Å². The van der Waals surface area contributed by atoms with Crippen LogP contribution in [0.15, 0.2) is 24.3 Å². The second kappa shape index (κ2) is 6.35. The molecular formula is C16H23FN2O. The van der Waals surface area contributed by atoms with Gasteiger partial charge in [0.1, 0.15) is 5.82 Å². The smallest absolute Gasteiger partial charge is 0.228 e. The molecule has 1 fully saturated rings. The second-order valence-corrected chi connectivity index (χ2v) is 5.69. The number of hydrogen-bond donors (Lipinski definition) is 1. The van der Waals surface area contributed by atoms with Gasteiger partial charge in [0, 0.05) is 18.5 Å². The lowest BCUT2D eigenvalue weighted by molar-refractivity contribution is -0.120. The summed E-state index contributed by atoms with van der Waals surface area (Å²) in [5.41, 5.74) is 6.27. The number of amides is 1. The van der Waals surface area contributed by atoms with Gasteiger partial charge in [-0.05, 0) is 31.9 Å². The highest BCUT2D eigenvalue weighted by Crippen LogP contribution is 2.30. The average molecular weight is 278 g/mol. The molecule has 0 saturated heterocycles. The second-order valence-electron chi connectivity index (χ2n) is 5.69. The quantitative estimate of drug-likeness (QED) is 0.919. The molecule has 1 aliphatic carbocycles. The van der Waals surface area contributed by atoms with Gasteiger partial charge >= 0.3 is 0 Å². The van der Waals surface area contributed by atoms with Crippen LogP contribution >= 0.6 is 0 Å². The molecule has 1 aliphatic rings. The normalized spacial score (nSPS) is 17.8. The number of nitrogens with zero attached hydrogens (tertiary/aromatic N) is 1. The molecule has 0 aromatic heterocycles. The summed E-state index contributed by atoms with van der Waals surface area (Å²) < 4.78 is 13.8. The van der Waals surface area contributed by atoms with Crippen molar-refractivity contribution >= 4 is 11.6 Å². The standard InChI is InChI=1S/C16H23FN2O/c1-2-19(14-9-5-4-8-13(14)17)15(20)12-16(18)10-6-3-7-11-16/h4-5,8-9H,2-3,6-7,10-12,18H2,1H3. The molecule has 0 heterocycles. The Hall–Kier alpha value is -1.42. The van der Waals surface area contributed by atoms with Gasteiger partial charge in [-0.25, -0.2) is 4.39 Å². The largest absolute Gasteiger partial charge is 0.325 e. The highest BCUT2D eigenvalue weighted by Gasteiger charge is 2.32. The molecule has 0 radical (unpaired) electrons. The van der Waals surface area contributed by atoms with E-state index in [9.17, 15) is 9.18 Å². The molecule has 1 saturated carbocycles. The minimum atomic E-state index is -0.409. The fraction of sp³-hybridized carbons (Fsp3) is 0.562. The molecule has 0 spiro atoms. The number of para-hydroxylation sites is 1. The van der Waals surface area contributed by atoms with Crippen molar-refractivity contribution < 1.29 is 9.18 Å². The van der Waals surface area contributed by atoms with E-state index in [0.717, 1.165) is 25.7 Å². The van der Waals surface area contributed by atoms with Crippen molar-refractivity contribution in [1.82, 2.24) is 0 Å². The molecule has 0 aliphatic heterocycles. The highest BCUT2D eigenvalue weighted by molar-refractivity contribution is 5.94. The molecule has 0 atom stereocenters. The van der Waals surface area contributed by atoms with Crippen molar-refractivity contribution in [2.75, 3.05) is 11.4 Å². The van der Waals surface area contributed by atoms with Gasteiger partial charge < -0.3 is 10.6 Å². The van der Waals surface area contributed by atoms with Crippen LogP contribution in [0.1, 0.15) is 45.4 Å². The third kappa shape index (κ3) is 3.37. The number of anilines is 1. The van der Waals surface area contributed by atoms with Crippen molar-refractivity contribution in [1.29, 1.82) is 0 Å². The van der Waals surface area contributed by atoms with E-state index in [1.807, 2.05) is 6.92 Å². The lowest BCUT2D eigenvalue weighted by Gasteiger charge is -2.34. The number of carbonyl (C=O) groups is 1. The third-order valence-corrected chi connectivity index (χ3v) is 4.11. The van der Waals surface area contributed by atoms with Gasteiger partial charge in [-0.3, -0.25) is 4.79 Å². The minimum absolute atomic E-state index is 0.0815. The van der Waals surface area contributed by atoms with Crippen LogP contribution in [0.25, 0.3) is 0 Å². The first kappa shape index (κ1) is 15.0. The number of nitrogens with two attached hydrogens (primary N) is 1.